The molecule has 1 unspecified atom stereocenters. The van der Waals surface area contributed by atoms with Gasteiger partial charge in [-0.2, -0.15) is 13.2 Å². The molecule has 1 nitrogen and oxygen atoms in total. The Morgan fingerprint density at radius 1 is 1.29 bits per heavy atom. The summed E-state index contributed by atoms with van der Waals surface area (Å²) in [6.07, 6.45) is -3.80. The highest BCUT2D eigenvalue weighted by Gasteiger charge is 2.51. The molecule has 0 aromatic heterocycles. The molecule has 0 spiro atoms. The SMILES string of the molecule is CC1(C)CC1C(=O)c1ccccc1C(F)(F)F. The molecule has 0 saturated heterocycles. The van der Waals surface area contributed by atoms with Gasteiger partial charge in [0.05, 0.1) is 5.56 Å². The number of rotatable bonds is 2. The van der Waals surface area contributed by atoms with Gasteiger partial charge >= 0.3 is 6.18 Å². The second-order valence-corrected chi connectivity index (χ2v) is 5.15. The minimum Gasteiger partial charge on any atom is -0.294 e. The van der Waals surface area contributed by atoms with Crippen molar-refractivity contribution in [3.8, 4) is 0 Å². The Morgan fingerprint density at radius 3 is 2.29 bits per heavy atom. The molecule has 0 N–H and O–H groups in total. The number of ketones is 1. The summed E-state index contributed by atoms with van der Waals surface area (Å²) in [5.74, 6) is -0.658. The first-order valence-electron chi connectivity index (χ1n) is 5.44. The second-order valence-electron chi connectivity index (χ2n) is 5.15. The zero-order valence-corrected chi connectivity index (χ0v) is 9.64. The zero-order valence-electron chi connectivity index (χ0n) is 9.64. The molecule has 0 radical (unpaired) electrons. The minimum atomic E-state index is -4.47. The van der Waals surface area contributed by atoms with Crippen molar-refractivity contribution in [2.24, 2.45) is 11.3 Å². The van der Waals surface area contributed by atoms with E-state index in [4.69, 9.17) is 0 Å². The molecule has 92 valence electrons. The Kier molecular flexibility index (Phi) is 2.56. The van der Waals surface area contributed by atoms with Crippen LogP contribution in [0.3, 0.4) is 0 Å². The van der Waals surface area contributed by atoms with Crippen LogP contribution in [0.1, 0.15) is 36.2 Å². The first-order valence-corrected chi connectivity index (χ1v) is 5.44. The molecule has 1 aromatic rings. The molecule has 1 atom stereocenters. The van der Waals surface area contributed by atoms with Gasteiger partial charge in [0.15, 0.2) is 5.78 Å². The van der Waals surface area contributed by atoms with Crippen LogP contribution in [0.5, 0.6) is 0 Å². The summed E-state index contributed by atoms with van der Waals surface area (Å²) in [5.41, 5.74) is -1.18. The third kappa shape index (κ3) is 2.21. The third-order valence-corrected chi connectivity index (χ3v) is 3.33. The molecular formula is C13H13F3O. The lowest BCUT2D eigenvalue weighted by atomic mass is 9.97. The van der Waals surface area contributed by atoms with Crippen molar-refractivity contribution < 1.29 is 18.0 Å². The van der Waals surface area contributed by atoms with Crippen molar-refractivity contribution in [2.75, 3.05) is 0 Å². The molecule has 0 bridgehead atoms. The number of halogens is 3. The van der Waals surface area contributed by atoms with Crippen LogP contribution in [-0.4, -0.2) is 5.78 Å². The standard InChI is InChI=1S/C13H13F3O/c1-12(2)7-10(12)11(17)8-5-3-4-6-9(8)13(14,15)16/h3-6,10H,7H2,1-2H3. The van der Waals surface area contributed by atoms with Crippen LogP contribution in [0.15, 0.2) is 24.3 Å². The Hall–Kier alpha value is -1.32. The van der Waals surface area contributed by atoms with Crippen molar-refractivity contribution >= 4 is 5.78 Å². The summed E-state index contributed by atoms with van der Waals surface area (Å²) < 4.78 is 38.2. The van der Waals surface area contributed by atoms with Gasteiger partial charge in [0.1, 0.15) is 0 Å². The predicted octanol–water partition coefficient (Wildman–Crippen LogP) is 3.93. The molecule has 0 amide bonds. The zero-order chi connectivity index (χ0) is 12.8. The molecule has 4 heteroatoms. The maximum Gasteiger partial charge on any atom is 0.417 e. The molecule has 0 heterocycles. The number of benzene rings is 1. The van der Waals surface area contributed by atoms with Gasteiger partial charge in [-0.05, 0) is 17.9 Å². The number of hydrogen-bond acceptors (Lipinski definition) is 1. The van der Waals surface area contributed by atoms with E-state index in [-0.39, 0.29) is 22.7 Å². The first-order chi connectivity index (χ1) is 7.73. The van der Waals surface area contributed by atoms with Crippen LogP contribution >= 0.6 is 0 Å². The normalized spacial score (nSPS) is 22.3. The summed E-state index contributed by atoms with van der Waals surface area (Å²) in [6.45, 7) is 3.79. The molecule has 1 aliphatic carbocycles. The highest BCUT2D eigenvalue weighted by molar-refractivity contribution is 6.01. The lowest BCUT2D eigenvalue weighted by Crippen LogP contribution is -2.15. The summed E-state index contributed by atoms with van der Waals surface area (Å²) >= 11 is 0. The summed E-state index contributed by atoms with van der Waals surface area (Å²) in [5, 5.41) is 0. The monoisotopic (exact) mass is 242 g/mol. The van der Waals surface area contributed by atoms with Crippen LogP contribution < -0.4 is 0 Å². The van der Waals surface area contributed by atoms with E-state index in [0.717, 1.165) is 6.07 Å². The number of Topliss-reactive ketones (excluding diaryl/α,β-unsaturated/α-hetero) is 1. The Morgan fingerprint density at radius 2 is 1.82 bits per heavy atom. The number of carbonyl (C=O) groups is 1. The van der Waals surface area contributed by atoms with Gasteiger partial charge < -0.3 is 0 Å². The van der Waals surface area contributed by atoms with E-state index in [0.29, 0.717) is 6.42 Å². The molecule has 2 rings (SSSR count). The second kappa shape index (κ2) is 3.59. The van der Waals surface area contributed by atoms with E-state index < -0.39 is 11.7 Å². The summed E-state index contributed by atoms with van der Waals surface area (Å²) in [7, 11) is 0. The molecule has 1 fully saturated rings. The van der Waals surface area contributed by atoms with Crippen molar-refractivity contribution in [1.82, 2.24) is 0 Å². The van der Waals surface area contributed by atoms with Crippen LogP contribution in [0, 0.1) is 11.3 Å². The number of carbonyl (C=O) groups excluding carboxylic acids is 1. The molecule has 1 aliphatic rings. The van der Waals surface area contributed by atoms with Gasteiger partial charge in [0.2, 0.25) is 0 Å². The Labute approximate surface area is 97.6 Å². The number of alkyl halides is 3. The van der Waals surface area contributed by atoms with E-state index in [2.05, 4.69) is 0 Å². The van der Waals surface area contributed by atoms with Crippen molar-refractivity contribution in [3.05, 3.63) is 35.4 Å². The number of hydrogen-bond donors (Lipinski definition) is 0. The van der Waals surface area contributed by atoms with Gasteiger partial charge in [-0.1, -0.05) is 32.0 Å². The van der Waals surface area contributed by atoms with E-state index in [1.807, 2.05) is 13.8 Å². The van der Waals surface area contributed by atoms with Crippen molar-refractivity contribution in [2.45, 2.75) is 26.4 Å². The van der Waals surface area contributed by atoms with Crippen LogP contribution in [-0.2, 0) is 6.18 Å². The van der Waals surface area contributed by atoms with E-state index in [1.165, 1.54) is 18.2 Å². The molecule has 17 heavy (non-hydrogen) atoms. The lowest BCUT2D eigenvalue weighted by Gasteiger charge is -2.12. The van der Waals surface area contributed by atoms with E-state index in [9.17, 15) is 18.0 Å². The maximum atomic E-state index is 12.7. The van der Waals surface area contributed by atoms with E-state index in [1.54, 1.807) is 0 Å². The molecule has 0 aliphatic heterocycles. The average Bonchev–Trinajstić information content (AvgIpc) is 2.85. The molecule has 1 saturated carbocycles. The first kappa shape index (κ1) is 12.1. The highest BCUT2D eigenvalue weighted by atomic mass is 19.4. The van der Waals surface area contributed by atoms with Gasteiger partial charge in [0, 0.05) is 11.5 Å². The van der Waals surface area contributed by atoms with Crippen molar-refractivity contribution in [1.29, 1.82) is 0 Å². The van der Waals surface area contributed by atoms with Crippen LogP contribution in [0.25, 0.3) is 0 Å². The maximum absolute atomic E-state index is 12.7. The molecular weight excluding hydrogens is 229 g/mol. The summed E-state index contributed by atoms with van der Waals surface area (Å²) in [4.78, 5) is 12.0. The van der Waals surface area contributed by atoms with Gasteiger partial charge in [-0.3, -0.25) is 4.79 Å². The lowest BCUT2D eigenvalue weighted by molar-refractivity contribution is -0.137. The fourth-order valence-electron chi connectivity index (χ4n) is 2.05. The topological polar surface area (TPSA) is 17.1 Å². The fourth-order valence-corrected chi connectivity index (χ4v) is 2.05. The predicted molar refractivity (Wildman–Crippen MR) is 57.7 cm³/mol. The fraction of sp³-hybridized carbons (Fsp3) is 0.462. The van der Waals surface area contributed by atoms with Crippen LogP contribution in [0.2, 0.25) is 0 Å². The van der Waals surface area contributed by atoms with Crippen LogP contribution in [0.4, 0.5) is 13.2 Å². The third-order valence-electron chi connectivity index (χ3n) is 3.33. The Balaban J connectivity index is 2.37. The van der Waals surface area contributed by atoms with Gasteiger partial charge in [-0.25, -0.2) is 0 Å². The van der Waals surface area contributed by atoms with Gasteiger partial charge in [-0.15, -0.1) is 0 Å². The Bertz CT molecular complexity index is 460. The van der Waals surface area contributed by atoms with Gasteiger partial charge in [0.25, 0.3) is 0 Å². The quantitative estimate of drug-likeness (QED) is 0.718. The molecule has 1 aromatic carbocycles. The average molecular weight is 242 g/mol. The van der Waals surface area contributed by atoms with E-state index >= 15 is 0 Å². The smallest absolute Gasteiger partial charge is 0.294 e. The summed E-state index contributed by atoms with van der Waals surface area (Å²) in [6, 6.07) is 5.00. The van der Waals surface area contributed by atoms with Crippen molar-refractivity contribution in [3.63, 3.8) is 0 Å². The largest absolute Gasteiger partial charge is 0.417 e. The highest BCUT2D eigenvalue weighted by Crippen LogP contribution is 2.53. The minimum absolute atomic E-state index is 0.157.